The molecule has 0 saturated heterocycles. The van der Waals surface area contributed by atoms with E-state index >= 15 is 0 Å². The van der Waals surface area contributed by atoms with Crippen molar-refractivity contribution in [2.45, 2.75) is 26.1 Å². The number of hydrogen-bond acceptors (Lipinski definition) is 8. The largest absolute Gasteiger partial charge is 0.497 e. The van der Waals surface area contributed by atoms with Gasteiger partial charge < -0.3 is 15.2 Å². The van der Waals surface area contributed by atoms with E-state index in [1.807, 2.05) is 53.3 Å². The zero-order valence-electron chi connectivity index (χ0n) is 20.3. The number of aliphatic hydroxyl groups excluding tert-OH is 1. The van der Waals surface area contributed by atoms with Crippen LogP contribution in [0.15, 0.2) is 72.6 Å². The average Bonchev–Trinajstić information content (AvgIpc) is 3.65. The van der Waals surface area contributed by atoms with E-state index in [-0.39, 0.29) is 18.1 Å². The Balaban J connectivity index is 1.31. The van der Waals surface area contributed by atoms with Crippen LogP contribution < -0.4 is 10.1 Å². The molecule has 1 atom stereocenters. The third kappa shape index (κ3) is 5.74. The molecule has 5 rings (SSSR count). The van der Waals surface area contributed by atoms with Crippen LogP contribution in [0.5, 0.6) is 5.75 Å². The minimum absolute atomic E-state index is 0.289. The summed E-state index contributed by atoms with van der Waals surface area (Å²) >= 11 is 1.37. The van der Waals surface area contributed by atoms with Gasteiger partial charge in [-0.1, -0.05) is 18.2 Å². The molecule has 0 aliphatic rings. The van der Waals surface area contributed by atoms with Gasteiger partial charge in [0.05, 0.1) is 43.9 Å². The monoisotopic (exact) mass is 515 g/mol. The number of nitrogens with zero attached hydrogens (tertiary/aromatic N) is 6. The van der Waals surface area contributed by atoms with Gasteiger partial charge in [0.2, 0.25) is 0 Å². The highest BCUT2D eigenvalue weighted by molar-refractivity contribution is 7.13. The Morgan fingerprint density at radius 3 is 2.73 bits per heavy atom. The smallest absolute Gasteiger partial charge is 0.275 e. The fourth-order valence-electron chi connectivity index (χ4n) is 3.74. The lowest BCUT2D eigenvalue weighted by Gasteiger charge is -2.03. The molecule has 4 heterocycles. The van der Waals surface area contributed by atoms with E-state index in [0.29, 0.717) is 28.6 Å². The third-order valence-electron chi connectivity index (χ3n) is 5.49. The first-order valence-electron chi connectivity index (χ1n) is 11.6. The van der Waals surface area contributed by atoms with Crippen LogP contribution in [0.1, 0.15) is 23.0 Å². The summed E-state index contributed by atoms with van der Waals surface area (Å²) in [5, 5.41) is 24.0. The number of amides is 1. The maximum absolute atomic E-state index is 13.1. The van der Waals surface area contributed by atoms with Gasteiger partial charge in [0.1, 0.15) is 22.1 Å². The number of benzene rings is 1. The number of aliphatic hydroxyl groups is 1. The predicted molar refractivity (Wildman–Crippen MR) is 141 cm³/mol. The molecule has 188 valence electrons. The van der Waals surface area contributed by atoms with Gasteiger partial charge in [-0.3, -0.25) is 19.1 Å². The van der Waals surface area contributed by atoms with E-state index in [1.54, 1.807) is 42.7 Å². The molecule has 2 N–H and O–H groups in total. The number of thiazole rings is 1. The minimum Gasteiger partial charge on any atom is -0.497 e. The van der Waals surface area contributed by atoms with E-state index in [2.05, 4.69) is 25.5 Å². The second-order valence-corrected chi connectivity index (χ2v) is 9.30. The molecule has 0 spiro atoms. The highest BCUT2D eigenvalue weighted by Crippen LogP contribution is 2.27. The molecule has 11 heteroatoms. The lowest BCUT2D eigenvalue weighted by Crippen LogP contribution is -2.13. The molecule has 0 aliphatic carbocycles. The summed E-state index contributed by atoms with van der Waals surface area (Å²) in [6.07, 6.45) is 6.40. The second-order valence-electron chi connectivity index (χ2n) is 8.44. The molecule has 0 saturated carbocycles. The highest BCUT2D eigenvalue weighted by Gasteiger charge is 2.19. The first kappa shape index (κ1) is 24.3. The van der Waals surface area contributed by atoms with Gasteiger partial charge in [0.15, 0.2) is 0 Å². The summed E-state index contributed by atoms with van der Waals surface area (Å²) < 4.78 is 8.62. The lowest BCUT2D eigenvalue weighted by atomic mass is 10.2. The first-order valence-corrected chi connectivity index (χ1v) is 12.5. The molecular formula is C26H25N7O3S. The fraction of sp³-hybridized carbons (Fsp3) is 0.192. The van der Waals surface area contributed by atoms with Crippen LogP contribution in [0.25, 0.3) is 22.0 Å². The van der Waals surface area contributed by atoms with Crippen LogP contribution in [0.3, 0.4) is 0 Å². The predicted octanol–water partition coefficient (Wildman–Crippen LogP) is 3.96. The summed E-state index contributed by atoms with van der Waals surface area (Å²) in [4.78, 5) is 21.9. The van der Waals surface area contributed by atoms with Crippen molar-refractivity contribution in [3.63, 3.8) is 0 Å². The zero-order chi connectivity index (χ0) is 25.8. The molecule has 0 radical (unpaired) electrons. The van der Waals surface area contributed by atoms with Crippen molar-refractivity contribution in [3.05, 3.63) is 83.9 Å². The van der Waals surface area contributed by atoms with Crippen molar-refractivity contribution in [2.24, 2.45) is 0 Å². The van der Waals surface area contributed by atoms with Gasteiger partial charge in [-0.2, -0.15) is 10.2 Å². The van der Waals surface area contributed by atoms with E-state index < -0.39 is 6.10 Å². The van der Waals surface area contributed by atoms with Crippen molar-refractivity contribution in [1.82, 2.24) is 29.5 Å². The van der Waals surface area contributed by atoms with Crippen molar-refractivity contribution in [1.29, 1.82) is 0 Å². The van der Waals surface area contributed by atoms with Crippen LogP contribution in [0.4, 0.5) is 5.69 Å². The van der Waals surface area contributed by atoms with E-state index in [1.165, 1.54) is 11.3 Å². The van der Waals surface area contributed by atoms with Crippen molar-refractivity contribution in [3.8, 4) is 27.7 Å². The Morgan fingerprint density at radius 1 is 1.16 bits per heavy atom. The Hall–Kier alpha value is -4.35. The van der Waals surface area contributed by atoms with Crippen molar-refractivity contribution >= 4 is 22.9 Å². The quantitative estimate of drug-likeness (QED) is 0.305. The van der Waals surface area contributed by atoms with Crippen molar-refractivity contribution in [2.75, 3.05) is 12.4 Å². The Bertz CT molecular complexity index is 1490. The van der Waals surface area contributed by atoms with Crippen LogP contribution in [-0.2, 0) is 13.1 Å². The molecule has 1 unspecified atom stereocenters. The van der Waals surface area contributed by atoms with E-state index in [0.717, 1.165) is 16.9 Å². The van der Waals surface area contributed by atoms with Crippen LogP contribution in [-0.4, -0.2) is 53.8 Å². The topological polar surface area (TPSA) is 120 Å². The van der Waals surface area contributed by atoms with Gasteiger partial charge in [0.25, 0.3) is 5.91 Å². The summed E-state index contributed by atoms with van der Waals surface area (Å²) in [5.74, 6) is 0.447. The second kappa shape index (κ2) is 10.7. The Labute approximate surface area is 217 Å². The van der Waals surface area contributed by atoms with Gasteiger partial charge >= 0.3 is 0 Å². The molecule has 0 bridgehead atoms. The number of carbonyl (C=O) groups excluding carboxylic acids is 1. The number of ether oxygens (including phenoxy) is 1. The lowest BCUT2D eigenvalue weighted by molar-refractivity contribution is 0.102. The molecule has 5 aromatic rings. The summed E-state index contributed by atoms with van der Waals surface area (Å²) in [6.45, 7) is 2.57. The Morgan fingerprint density at radius 2 is 2.00 bits per heavy atom. The number of hydrogen-bond donors (Lipinski definition) is 2. The number of nitrogens with one attached hydrogen (secondary N) is 1. The summed E-state index contributed by atoms with van der Waals surface area (Å²) in [5.41, 5.74) is 3.84. The zero-order valence-corrected chi connectivity index (χ0v) is 21.1. The van der Waals surface area contributed by atoms with Gasteiger partial charge in [-0.05, 0) is 36.8 Å². The molecule has 0 aliphatic heterocycles. The fourth-order valence-corrected chi connectivity index (χ4v) is 4.52. The molecular weight excluding hydrogens is 490 g/mol. The number of carbonyl (C=O) groups is 1. The molecule has 1 amide bonds. The summed E-state index contributed by atoms with van der Waals surface area (Å²) in [6, 6.07) is 13.3. The number of pyridine rings is 1. The number of rotatable bonds is 9. The van der Waals surface area contributed by atoms with Gasteiger partial charge in [-0.25, -0.2) is 4.98 Å². The number of methoxy groups -OCH3 is 1. The van der Waals surface area contributed by atoms with E-state index in [4.69, 9.17) is 4.74 Å². The standard InChI is InChI=1S/C26H25N7O3S/c1-17(34)12-33-15-22(24(31-33)21-5-3-4-10-27-21)29-25(35)23-16-37-26(30-23)19-11-28-32(14-19)13-18-6-8-20(36-2)9-7-18/h3-11,14-17,34H,12-13H2,1-2H3,(H,29,35). The molecule has 1 aromatic carbocycles. The average molecular weight is 516 g/mol. The molecule has 10 nitrogen and oxygen atoms in total. The maximum Gasteiger partial charge on any atom is 0.275 e. The number of aromatic nitrogens is 6. The van der Waals surface area contributed by atoms with Crippen molar-refractivity contribution < 1.29 is 14.6 Å². The molecule has 37 heavy (non-hydrogen) atoms. The highest BCUT2D eigenvalue weighted by atomic mass is 32.1. The normalized spacial score (nSPS) is 11.9. The molecule has 0 fully saturated rings. The SMILES string of the molecule is COc1ccc(Cn2cc(-c3nc(C(=O)Nc4cn(CC(C)O)nc4-c4ccccn4)cs3)cn2)cc1. The van der Waals surface area contributed by atoms with Gasteiger partial charge in [-0.15, -0.1) is 11.3 Å². The van der Waals surface area contributed by atoms with Gasteiger partial charge in [0, 0.05) is 29.5 Å². The minimum atomic E-state index is -0.591. The molecule has 4 aromatic heterocycles. The maximum atomic E-state index is 13.1. The number of anilines is 1. The summed E-state index contributed by atoms with van der Waals surface area (Å²) in [7, 11) is 1.64. The van der Waals surface area contributed by atoms with Crippen LogP contribution in [0, 0.1) is 0 Å². The third-order valence-corrected chi connectivity index (χ3v) is 6.38. The first-order chi connectivity index (χ1) is 18.0. The van der Waals surface area contributed by atoms with Crippen LogP contribution in [0.2, 0.25) is 0 Å². The van der Waals surface area contributed by atoms with Crippen LogP contribution >= 0.6 is 11.3 Å². The van der Waals surface area contributed by atoms with E-state index in [9.17, 15) is 9.90 Å². The Kier molecular flexibility index (Phi) is 7.06.